The van der Waals surface area contributed by atoms with Crippen LogP contribution in [-0.2, 0) is 19.1 Å². The lowest BCUT2D eigenvalue weighted by molar-refractivity contribution is -0.164. The molecule has 3 heterocycles. The van der Waals surface area contributed by atoms with Crippen LogP contribution in [0, 0.1) is 24.2 Å². The fraction of sp³-hybridized carbons (Fsp3) is 0.731. The molecule has 2 aliphatic heterocycles. The summed E-state index contributed by atoms with van der Waals surface area (Å²) in [6.45, 7) is 11.4. The molecule has 35 heavy (non-hydrogen) atoms. The number of halogens is 1. The fourth-order valence-electron chi connectivity index (χ4n) is 5.09. The molecule has 6 atom stereocenters. The number of rotatable bonds is 2. The number of aliphatic hydroxyl groups is 2. The van der Waals surface area contributed by atoms with Gasteiger partial charge in [0.05, 0.1) is 15.7 Å². The van der Waals surface area contributed by atoms with Crippen molar-refractivity contribution in [3.63, 3.8) is 0 Å². The first-order valence-electron chi connectivity index (χ1n) is 12.3. The van der Waals surface area contributed by atoms with Crippen molar-refractivity contribution in [1.82, 2.24) is 4.98 Å². The highest BCUT2D eigenvalue weighted by atomic mass is 35.5. The Hall–Kier alpha value is -1.32. The minimum atomic E-state index is -1.90. The Balaban J connectivity index is 1.90. The van der Waals surface area contributed by atoms with Crippen LogP contribution in [0.5, 0.6) is 0 Å². The van der Waals surface area contributed by atoms with E-state index in [4.69, 9.17) is 21.1 Å². The summed E-state index contributed by atoms with van der Waals surface area (Å²) in [7, 11) is 0. The maximum atomic E-state index is 13.1. The van der Waals surface area contributed by atoms with Crippen LogP contribution >= 0.6 is 22.9 Å². The van der Waals surface area contributed by atoms with Gasteiger partial charge < -0.3 is 19.7 Å². The van der Waals surface area contributed by atoms with Crippen LogP contribution in [0.25, 0.3) is 6.08 Å². The summed E-state index contributed by atoms with van der Waals surface area (Å²) in [5.74, 6) is -2.19. The Labute approximate surface area is 216 Å². The summed E-state index contributed by atoms with van der Waals surface area (Å²) in [6, 6.07) is 0. The average molecular weight is 528 g/mol. The van der Waals surface area contributed by atoms with Crippen LogP contribution in [-0.4, -0.2) is 50.5 Å². The number of hydrogen-bond donors (Lipinski definition) is 2. The minimum Gasteiger partial charge on any atom is -0.454 e. The molecule has 3 rings (SSSR count). The molecule has 2 N–H and O–H groups in total. The van der Waals surface area contributed by atoms with E-state index in [1.807, 2.05) is 27.7 Å². The summed E-state index contributed by atoms with van der Waals surface area (Å²) < 4.78 is 11.3. The normalized spacial score (nSPS) is 37.5. The molecule has 7 nitrogen and oxygen atoms in total. The van der Waals surface area contributed by atoms with E-state index < -0.39 is 35.0 Å². The van der Waals surface area contributed by atoms with Crippen molar-refractivity contribution in [2.75, 3.05) is 0 Å². The predicted molar refractivity (Wildman–Crippen MR) is 136 cm³/mol. The van der Waals surface area contributed by atoms with Gasteiger partial charge in [-0.25, -0.2) is 4.98 Å². The number of aryl methyl sites for hydroxylation is 1. The van der Waals surface area contributed by atoms with Crippen molar-refractivity contribution in [3.8, 4) is 0 Å². The number of epoxide rings is 1. The molecule has 2 saturated heterocycles. The van der Waals surface area contributed by atoms with Crippen molar-refractivity contribution in [2.45, 2.75) is 104 Å². The smallest absolute Gasteiger partial charge is 0.306 e. The van der Waals surface area contributed by atoms with Gasteiger partial charge in [0.1, 0.15) is 11.4 Å². The van der Waals surface area contributed by atoms with Crippen molar-refractivity contribution in [2.24, 2.45) is 17.3 Å². The number of nitrogens with zero attached hydrogens (tertiary/aromatic N) is 1. The molecule has 1 aromatic rings. The van der Waals surface area contributed by atoms with E-state index in [0.717, 1.165) is 24.3 Å². The maximum Gasteiger partial charge on any atom is 0.306 e. The molecular weight excluding hydrogens is 490 g/mol. The lowest BCUT2D eigenvalue weighted by Gasteiger charge is -2.29. The molecule has 2 fully saturated rings. The van der Waals surface area contributed by atoms with Gasteiger partial charge in [0.25, 0.3) is 0 Å². The monoisotopic (exact) mass is 527 g/mol. The number of thiazole rings is 1. The van der Waals surface area contributed by atoms with E-state index in [2.05, 4.69) is 11.9 Å². The molecule has 1 aromatic heterocycles. The molecule has 6 unspecified atom stereocenters. The number of carbonyl (C=O) groups excluding carboxylic acids is 2. The molecule has 0 saturated carbocycles. The van der Waals surface area contributed by atoms with Crippen molar-refractivity contribution >= 4 is 40.8 Å². The Morgan fingerprint density at radius 3 is 2.57 bits per heavy atom. The zero-order chi connectivity index (χ0) is 26.2. The highest BCUT2D eigenvalue weighted by Crippen LogP contribution is 2.53. The summed E-state index contributed by atoms with van der Waals surface area (Å²) in [4.78, 5) is 30.3. The molecule has 196 valence electrons. The summed E-state index contributed by atoms with van der Waals surface area (Å²) in [5, 5.41) is 25.0. The molecule has 0 aromatic carbocycles. The van der Waals surface area contributed by atoms with Crippen LogP contribution in [0.1, 0.15) is 83.8 Å². The molecule has 9 heteroatoms. The number of hydrogen-bond acceptors (Lipinski definition) is 8. The van der Waals surface area contributed by atoms with Gasteiger partial charge >= 0.3 is 5.97 Å². The summed E-state index contributed by atoms with van der Waals surface area (Å²) >= 11 is 7.98. The lowest BCUT2D eigenvalue weighted by atomic mass is 9.75. The van der Waals surface area contributed by atoms with Crippen LogP contribution in [0.15, 0.2) is 10.4 Å². The van der Waals surface area contributed by atoms with Gasteiger partial charge in [0.15, 0.2) is 12.2 Å². The molecule has 0 amide bonds. The van der Waals surface area contributed by atoms with Gasteiger partial charge in [-0.1, -0.05) is 52.1 Å². The van der Waals surface area contributed by atoms with Crippen LogP contribution in [0.3, 0.4) is 0 Å². The zero-order valence-electron chi connectivity index (χ0n) is 21.5. The quantitative estimate of drug-likeness (QED) is 0.411. The highest BCUT2D eigenvalue weighted by molar-refractivity contribution is 7.09. The van der Waals surface area contributed by atoms with Crippen LogP contribution in [0.4, 0.5) is 0 Å². The van der Waals surface area contributed by atoms with Crippen LogP contribution < -0.4 is 0 Å². The molecule has 0 bridgehead atoms. The van der Waals surface area contributed by atoms with E-state index in [9.17, 15) is 19.8 Å². The molecule has 0 spiro atoms. The Morgan fingerprint density at radius 2 is 1.94 bits per heavy atom. The van der Waals surface area contributed by atoms with E-state index in [1.54, 1.807) is 12.3 Å². The van der Waals surface area contributed by atoms with Crippen molar-refractivity contribution < 1.29 is 29.3 Å². The summed E-state index contributed by atoms with van der Waals surface area (Å²) in [5.41, 5.74) is -1.13. The van der Waals surface area contributed by atoms with E-state index in [1.165, 1.54) is 17.4 Å². The number of ether oxygens (including phenoxy) is 2. The number of cyclic esters (lactones) is 1. The number of ketones is 1. The largest absolute Gasteiger partial charge is 0.454 e. The standard InChI is InChI=1S/C26H38ClNO6S/c1-15-8-7-10-25(6)26(32,34-25)23(31)21(19(27)13-18-14-35-17(3)28-18)33-20(29)9-11-24(4,5)22(30)16(2)12-15/h13-16,21,23,31-32H,7-12H2,1-6H3. The Bertz CT molecular complexity index is 977. The van der Waals surface area contributed by atoms with E-state index in [0.29, 0.717) is 24.5 Å². The second-order valence-corrected chi connectivity index (χ2v) is 12.6. The number of carbonyl (C=O) groups is 2. The number of aliphatic hydroxyl groups excluding tert-OH is 1. The number of esters is 1. The zero-order valence-corrected chi connectivity index (χ0v) is 23.0. The third kappa shape index (κ3) is 6.34. The van der Waals surface area contributed by atoms with Gasteiger partial charge in [0.2, 0.25) is 5.79 Å². The number of fused-ring (bicyclic) bond motifs is 1. The first-order chi connectivity index (χ1) is 16.2. The van der Waals surface area contributed by atoms with Crippen molar-refractivity contribution in [1.29, 1.82) is 0 Å². The van der Waals surface area contributed by atoms with Gasteiger partial charge in [-0.3, -0.25) is 9.59 Å². The Kier molecular flexibility index (Phi) is 8.54. The molecule has 2 aliphatic rings. The average Bonchev–Trinajstić information content (AvgIpc) is 3.09. The summed E-state index contributed by atoms with van der Waals surface area (Å²) in [6.07, 6.45) is 1.74. The molecular formula is C26H38ClNO6S. The second-order valence-electron chi connectivity index (χ2n) is 11.1. The highest BCUT2D eigenvalue weighted by Gasteiger charge is 2.72. The molecule has 0 aliphatic carbocycles. The SMILES string of the molecule is Cc1nc(C=C(Cl)C2OC(=O)CCC(C)(C)C(=O)C(C)CC(C)CCCC3(C)OC3(O)C2O)cs1. The molecule has 0 radical (unpaired) electrons. The number of Topliss-reactive ketones (excluding diaryl/α,β-unsaturated/α-hetero) is 1. The topological polar surface area (TPSA) is 109 Å². The van der Waals surface area contributed by atoms with Gasteiger partial charge in [-0.15, -0.1) is 11.3 Å². The minimum absolute atomic E-state index is 0.0270. The third-order valence-corrected chi connectivity index (χ3v) is 8.53. The third-order valence-electron chi connectivity index (χ3n) is 7.41. The van der Waals surface area contributed by atoms with Gasteiger partial charge in [-0.2, -0.15) is 0 Å². The Morgan fingerprint density at radius 1 is 1.26 bits per heavy atom. The first-order valence-corrected chi connectivity index (χ1v) is 13.6. The number of aromatic nitrogens is 1. The van der Waals surface area contributed by atoms with Crippen LogP contribution in [0.2, 0.25) is 0 Å². The van der Waals surface area contributed by atoms with Gasteiger partial charge in [-0.05, 0) is 45.1 Å². The van der Waals surface area contributed by atoms with Crippen molar-refractivity contribution in [3.05, 3.63) is 21.1 Å². The maximum absolute atomic E-state index is 13.1. The lowest BCUT2D eigenvalue weighted by Crippen LogP contribution is -2.46. The van der Waals surface area contributed by atoms with E-state index in [-0.39, 0.29) is 23.2 Å². The predicted octanol–water partition coefficient (Wildman–Crippen LogP) is 5.00. The second kappa shape index (κ2) is 10.6. The van der Waals surface area contributed by atoms with E-state index >= 15 is 0 Å². The first kappa shape index (κ1) is 28.3. The fourth-order valence-corrected chi connectivity index (χ4v) is 5.94. The van der Waals surface area contributed by atoms with Gasteiger partial charge in [0, 0.05) is 23.1 Å².